The third-order valence-corrected chi connectivity index (χ3v) is 3.89. The van der Waals surface area contributed by atoms with Gasteiger partial charge < -0.3 is 0 Å². The number of pyridine rings is 1. The molecule has 4 nitrogen and oxygen atoms in total. The van der Waals surface area contributed by atoms with Crippen LogP contribution >= 0.6 is 11.6 Å². The van der Waals surface area contributed by atoms with Gasteiger partial charge >= 0.3 is 0 Å². The normalized spacial score (nSPS) is 11.3. The van der Waals surface area contributed by atoms with Crippen LogP contribution < -0.4 is 4.72 Å². The first-order valence-corrected chi connectivity index (χ1v) is 7.34. The minimum absolute atomic E-state index is 0.0760. The van der Waals surface area contributed by atoms with Crippen molar-refractivity contribution in [3.05, 3.63) is 59.1 Å². The highest BCUT2D eigenvalue weighted by atomic mass is 35.5. The van der Waals surface area contributed by atoms with Gasteiger partial charge in [-0.1, -0.05) is 29.8 Å². The van der Waals surface area contributed by atoms with Gasteiger partial charge in [-0.05, 0) is 11.6 Å². The molecule has 19 heavy (non-hydrogen) atoms. The molecule has 1 aromatic heterocycles. The zero-order valence-electron chi connectivity index (χ0n) is 9.68. The molecule has 0 radical (unpaired) electrons. The number of nitrogens with zero attached hydrogens (tertiary/aromatic N) is 1. The van der Waals surface area contributed by atoms with Crippen LogP contribution in [0.15, 0.2) is 42.7 Å². The Morgan fingerprint density at radius 3 is 2.68 bits per heavy atom. The Morgan fingerprint density at radius 1 is 1.26 bits per heavy atom. The molecule has 0 aliphatic rings. The predicted octanol–water partition coefficient (Wildman–Crippen LogP) is 2.82. The van der Waals surface area contributed by atoms with Gasteiger partial charge in [-0.2, -0.15) is 0 Å². The topological polar surface area (TPSA) is 59.1 Å². The van der Waals surface area contributed by atoms with Crippen LogP contribution in [0.4, 0.5) is 10.1 Å². The summed E-state index contributed by atoms with van der Waals surface area (Å²) >= 11 is 5.89. The van der Waals surface area contributed by atoms with Crippen molar-refractivity contribution in [1.82, 2.24) is 4.98 Å². The maximum absolute atomic E-state index is 12.9. The van der Waals surface area contributed by atoms with E-state index in [2.05, 4.69) is 9.71 Å². The molecule has 0 aliphatic heterocycles. The van der Waals surface area contributed by atoms with Crippen molar-refractivity contribution in [2.45, 2.75) is 5.75 Å². The van der Waals surface area contributed by atoms with E-state index < -0.39 is 15.8 Å². The third-order valence-electron chi connectivity index (χ3n) is 2.28. The average molecular weight is 301 g/mol. The number of hydrogen-bond acceptors (Lipinski definition) is 3. The van der Waals surface area contributed by atoms with Crippen molar-refractivity contribution >= 4 is 27.3 Å². The Balaban J connectivity index is 2.18. The second kappa shape index (κ2) is 5.54. The predicted molar refractivity (Wildman–Crippen MR) is 71.9 cm³/mol. The highest BCUT2D eigenvalue weighted by Gasteiger charge is 2.14. The summed E-state index contributed by atoms with van der Waals surface area (Å²) in [5.74, 6) is -0.902. The Labute approximate surface area is 115 Å². The maximum Gasteiger partial charge on any atom is 0.237 e. The van der Waals surface area contributed by atoms with Crippen LogP contribution in [0.1, 0.15) is 5.56 Å². The van der Waals surface area contributed by atoms with Gasteiger partial charge in [-0.3, -0.25) is 9.71 Å². The highest BCUT2D eigenvalue weighted by Crippen LogP contribution is 2.19. The van der Waals surface area contributed by atoms with Gasteiger partial charge in [0.1, 0.15) is 5.82 Å². The molecular formula is C12H10ClFN2O2S. The number of rotatable bonds is 4. The van der Waals surface area contributed by atoms with Crippen molar-refractivity contribution in [2.24, 2.45) is 0 Å². The van der Waals surface area contributed by atoms with Crippen LogP contribution in [0.5, 0.6) is 0 Å². The smallest absolute Gasteiger partial charge is 0.237 e. The summed E-state index contributed by atoms with van der Waals surface area (Å²) in [6, 6.07) is 7.68. The molecule has 0 spiro atoms. The lowest BCUT2D eigenvalue weighted by atomic mass is 10.2. The molecule has 1 aromatic carbocycles. The summed E-state index contributed by atoms with van der Waals surface area (Å²) in [7, 11) is -3.67. The molecule has 0 saturated carbocycles. The van der Waals surface area contributed by atoms with Crippen molar-refractivity contribution in [1.29, 1.82) is 0 Å². The largest absolute Gasteiger partial charge is 0.282 e. The number of sulfonamides is 1. The molecule has 1 heterocycles. The number of hydrogen-bond donors (Lipinski definition) is 1. The lowest BCUT2D eigenvalue weighted by Crippen LogP contribution is -2.15. The molecule has 0 fully saturated rings. The molecular weight excluding hydrogens is 291 g/mol. The zero-order chi connectivity index (χ0) is 13.9. The minimum atomic E-state index is -3.67. The number of aromatic nitrogens is 1. The Kier molecular flexibility index (Phi) is 4.01. The first-order valence-electron chi connectivity index (χ1n) is 5.31. The van der Waals surface area contributed by atoms with E-state index in [1.807, 2.05) is 0 Å². The standard InChI is InChI=1S/C12H10ClFN2O2S/c13-12-4-2-1-3-9(12)8-19(17,18)16-11-5-10(14)6-15-7-11/h1-7,16H,8H2. The minimum Gasteiger partial charge on any atom is -0.282 e. The van der Waals surface area contributed by atoms with E-state index >= 15 is 0 Å². The SMILES string of the molecule is O=S(=O)(Cc1ccccc1Cl)Nc1cncc(F)c1. The molecule has 0 aliphatic carbocycles. The van der Waals surface area contributed by atoms with Crippen LogP contribution in [0, 0.1) is 5.82 Å². The Bertz CT molecular complexity index is 692. The van der Waals surface area contributed by atoms with Gasteiger partial charge in [0.25, 0.3) is 0 Å². The summed E-state index contributed by atoms with van der Waals surface area (Å²) in [4.78, 5) is 3.56. The van der Waals surface area contributed by atoms with E-state index in [0.717, 1.165) is 12.3 Å². The van der Waals surface area contributed by atoms with E-state index in [0.29, 0.717) is 10.6 Å². The van der Waals surface area contributed by atoms with E-state index in [1.54, 1.807) is 24.3 Å². The fourth-order valence-electron chi connectivity index (χ4n) is 1.50. The molecule has 0 amide bonds. The van der Waals surface area contributed by atoms with Crippen molar-refractivity contribution in [2.75, 3.05) is 4.72 Å². The summed E-state index contributed by atoms with van der Waals surface area (Å²) in [5.41, 5.74) is 0.549. The van der Waals surface area contributed by atoms with Crippen LogP contribution in [0.2, 0.25) is 5.02 Å². The number of nitrogens with one attached hydrogen (secondary N) is 1. The Hall–Kier alpha value is -1.66. The van der Waals surface area contributed by atoms with Crippen molar-refractivity contribution in [3.63, 3.8) is 0 Å². The summed E-state index contributed by atoms with van der Waals surface area (Å²) in [6.07, 6.45) is 2.22. The average Bonchev–Trinajstić information content (AvgIpc) is 2.31. The van der Waals surface area contributed by atoms with E-state index in [9.17, 15) is 12.8 Å². The quantitative estimate of drug-likeness (QED) is 0.944. The third kappa shape index (κ3) is 3.90. The molecule has 0 saturated heterocycles. The van der Waals surface area contributed by atoms with Gasteiger partial charge in [-0.25, -0.2) is 12.8 Å². The van der Waals surface area contributed by atoms with Gasteiger partial charge in [0.2, 0.25) is 10.0 Å². The first-order chi connectivity index (χ1) is 8.96. The highest BCUT2D eigenvalue weighted by molar-refractivity contribution is 7.91. The summed E-state index contributed by atoms with van der Waals surface area (Å²) < 4.78 is 39.0. The summed E-state index contributed by atoms with van der Waals surface area (Å²) in [5, 5.41) is 0.366. The van der Waals surface area contributed by atoms with Crippen LogP contribution in [0.3, 0.4) is 0 Å². The van der Waals surface area contributed by atoms with E-state index in [4.69, 9.17) is 11.6 Å². The van der Waals surface area contributed by atoms with E-state index in [-0.39, 0.29) is 11.4 Å². The van der Waals surface area contributed by atoms with Gasteiger partial charge in [0, 0.05) is 11.1 Å². The molecule has 7 heteroatoms. The molecule has 0 atom stereocenters. The molecule has 0 unspecified atom stereocenters. The molecule has 0 bridgehead atoms. The summed E-state index contributed by atoms with van der Waals surface area (Å²) in [6.45, 7) is 0. The number of anilines is 1. The fraction of sp³-hybridized carbons (Fsp3) is 0.0833. The Morgan fingerprint density at radius 2 is 2.00 bits per heavy atom. The van der Waals surface area contributed by atoms with Crippen LogP contribution in [-0.2, 0) is 15.8 Å². The van der Waals surface area contributed by atoms with Gasteiger partial charge in [0.05, 0.1) is 23.8 Å². The molecule has 2 aromatic rings. The molecule has 100 valence electrons. The molecule has 1 N–H and O–H groups in total. The van der Waals surface area contributed by atoms with Crippen LogP contribution in [0.25, 0.3) is 0 Å². The number of benzene rings is 1. The van der Waals surface area contributed by atoms with Crippen molar-refractivity contribution < 1.29 is 12.8 Å². The monoisotopic (exact) mass is 300 g/mol. The maximum atomic E-state index is 12.9. The second-order valence-electron chi connectivity index (χ2n) is 3.84. The van der Waals surface area contributed by atoms with Crippen LogP contribution in [-0.4, -0.2) is 13.4 Å². The lowest BCUT2D eigenvalue weighted by molar-refractivity contribution is 0.600. The first kappa shape index (κ1) is 13.8. The van der Waals surface area contributed by atoms with Crippen molar-refractivity contribution in [3.8, 4) is 0 Å². The van der Waals surface area contributed by atoms with Gasteiger partial charge in [0.15, 0.2) is 0 Å². The number of halogens is 2. The molecule has 2 rings (SSSR count). The van der Waals surface area contributed by atoms with E-state index in [1.165, 1.54) is 6.20 Å². The van der Waals surface area contributed by atoms with Gasteiger partial charge in [-0.15, -0.1) is 0 Å². The zero-order valence-corrected chi connectivity index (χ0v) is 11.2. The second-order valence-corrected chi connectivity index (χ2v) is 5.97. The fourth-order valence-corrected chi connectivity index (χ4v) is 2.99. The lowest BCUT2D eigenvalue weighted by Gasteiger charge is -2.08.